The molecule has 3 unspecified atom stereocenters. The number of hydrogen-bond donors (Lipinski definition) is 1. The molecular weight excluding hydrogens is 226 g/mol. The van der Waals surface area contributed by atoms with Crippen LogP contribution in [0.5, 0.6) is 0 Å². The molecule has 3 atom stereocenters. The largest absolute Gasteiger partial charge is 0.388 e. The van der Waals surface area contributed by atoms with Crippen LogP contribution in [-0.4, -0.2) is 47.4 Å². The maximum atomic E-state index is 10.9. The molecule has 0 spiro atoms. The first-order chi connectivity index (χ1) is 8.78. The molecule has 3 heteroatoms. The monoisotopic (exact) mass is 253 g/mol. The van der Waals surface area contributed by atoms with E-state index in [0.29, 0.717) is 12.1 Å². The highest BCUT2D eigenvalue weighted by molar-refractivity contribution is 5.01. The summed E-state index contributed by atoms with van der Waals surface area (Å²) in [6, 6.07) is 0.454. The van der Waals surface area contributed by atoms with Gasteiger partial charge in [-0.3, -0.25) is 4.90 Å². The maximum absolute atomic E-state index is 10.9. The van der Waals surface area contributed by atoms with Gasteiger partial charge in [0.2, 0.25) is 0 Å². The Morgan fingerprint density at radius 2 is 2.11 bits per heavy atom. The van der Waals surface area contributed by atoms with Gasteiger partial charge in [0.15, 0.2) is 0 Å². The van der Waals surface area contributed by atoms with Crippen molar-refractivity contribution in [2.24, 2.45) is 0 Å². The standard InChI is InChI=1S/C15H27NO2/c17-15(8-3-5-13-6-4-12-18-13)9-11-16-10-2-1-7-14(15)16/h13-14,17H,1-12H2. The summed E-state index contributed by atoms with van der Waals surface area (Å²) in [5.74, 6) is 0. The minimum atomic E-state index is -0.390. The first kappa shape index (κ1) is 12.9. The summed E-state index contributed by atoms with van der Waals surface area (Å²) in [6.07, 6.45) is 11.0. The zero-order valence-corrected chi connectivity index (χ0v) is 11.4. The Hall–Kier alpha value is -0.120. The van der Waals surface area contributed by atoms with Crippen LogP contribution in [0.3, 0.4) is 0 Å². The highest BCUT2D eigenvalue weighted by Gasteiger charge is 2.45. The Balaban J connectivity index is 1.48. The van der Waals surface area contributed by atoms with E-state index in [1.165, 1.54) is 38.6 Å². The second-order valence-corrected chi connectivity index (χ2v) is 6.43. The maximum Gasteiger partial charge on any atom is 0.0814 e. The van der Waals surface area contributed by atoms with Gasteiger partial charge in [0, 0.05) is 19.2 Å². The van der Waals surface area contributed by atoms with Crippen molar-refractivity contribution in [2.75, 3.05) is 19.7 Å². The van der Waals surface area contributed by atoms with Gasteiger partial charge < -0.3 is 9.84 Å². The molecule has 0 aliphatic carbocycles. The molecule has 0 aromatic carbocycles. The second-order valence-electron chi connectivity index (χ2n) is 6.43. The third kappa shape index (κ3) is 2.59. The van der Waals surface area contributed by atoms with Gasteiger partial charge in [-0.1, -0.05) is 6.42 Å². The van der Waals surface area contributed by atoms with Crippen LogP contribution in [-0.2, 0) is 4.74 Å². The SMILES string of the molecule is OC1(CCCC2CCCO2)CCN2CCCCC21. The van der Waals surface area contributed by atoms with Crippen LogP contribution in [0.15, 0.2) is 0 Å². The summed E-state index contributed by atoms with van der Waals surface area (Å²) < 4.78 is 5.67. The van der Waals surface area contributed by atoms with Gasteiger partial charge in [0.1, 0.15) is 0 Å². The zero-order valence-electron chi connectivity index (χ0n) is 11.4. The van der Waals surface area contributed by atoms with Crippen LogP contribution in [0.1, 0.15) is 57.8 Å². The lowest BCUT2D eigenvalue weighted by atomic mass is 9.84. The number of piperidine rings is 1. The van der Waals surface area contributed by atoms with E-state index in [4.69, 9.17) is 4.74 Å². The van der Waals surface area contributed by atoms with Gasteiger partial charge in [-0.2, -0.15) is 0 Å². The molecule has 104 valence electrons. The Bertz CT molecular complexity index is 278. The lowest BCUT2D eigenvalue weighted by molar-refractivity contribution is -0.0203. The Kier molecular flexibility index (Phi) is 3.92. The lowest BCUT2D eigenvalue weighted by Gasteiger charge is -2.37. The smallest absolute Gasteiger partial charge is 0.0814 e. The fourth-order valence-corrected chi connectivity index (χ4v) is 4.17. The van der Waals surface area contributed by atoms with Gasteiger partial charge in [-0.15, -0.1) is 0 Å². The number of fused-ring (bicyclic) bond motifs is 1. The molecule has 0 bridgehead atoms. The Morgan fingerprint density at radius 1 is 1.17 bits per heavy atom. The van der Waals surface area contributed by atoms with Crippen molar-refractivity contribution < 1.29 is 9.84 Å². The number of hydrogen-bond acceptors (Lipinski definition) is 3. The normalized spacial score (nSPS) is 41.2. The summed E-state index contributed by atoms with van der Waals surface area (Å²) in [7, 11) is 0. The van der Waals surface area contributed by atoms with E-state index in [1.54, 1.807) is 0 Å². The van der Waals surface area contributed by atoms with Crippen molar-refractivity contribution in [3.63, 3.8) is 0 Å². The fourth-order valence-electron chi connectivity index (χ4n) is 4.17. The molecule has 3 aliphatic rings. The van der Waals surface area contributed by atoms with Gasteiger partial charge in [-0.25, -0.2) is 0 Å². The molecule has 3 heterocycles. The van der Waals surface area contributed by atoms with Crippen molar-refractivity contribution in [1.29, 1.82) is 0 Å². The molecular formula is C15H27NO2. The van der Waals surface area contributed by atoms with Crippen molar-refractivity contribution in [2.45, 2.75) is 75.5 Å². The van der Waals surface area contributed by atoms with Gasteiger partial charge >= 0.3 is 0 Å². The molecule has 0 radical (unpaired) electrons. The van der Waals surface area contributed by atoms with Crippen molar-refractivity contribution in [3.05, 3.63) is 0 Å². The molecule has 3 rings (SSSR count). The first-order valence-corrected chi connectivity index (χ1v) is 7.86. The number of ether oxygens (including phenoxy) is 1. The van der Waals surface area contributed by atoms with Crippen LogP contribution in [0.2, 0.25) is 0 Å². The summed E-state index contributed by atoms with van der Waals surface area (Å²) in [6.45, 7) is 3.27. The minimum Gasteiger partial charge on any atom is -0.388 e. The number of nitrogens with zero attached hydrogens (tertiary/aromatic N) is 1. The van der Waals surface area contributed by atoms with E-state index in [-0.39, 0.29) is 5.60 Å². The third-order valence-corrected chi connectivity index (χ3v) is 5.23. The van der Waals surface area contributed by atoms with Crippen LogP contribution < -0.4 is 0 Å². The van der Waals surface area contributed by atoms with E-state index in [0.717, 1.165) is 38.8 Å². The molecule has 3 fully saturated rings. The topological polar surface area (TPSA) is 32.7 Å². The predicted molar refractivity (Wildman–Crippen MR) is 71.6 cm³/mol. The molecule has 0 aromatic rings. The van der Waals surface area contributed by atoms with E-state index >= 15 is 0 Å². The van der Waals surface area contributed by atoms with E-state index in [1.807, 2.05) is 0 Å². The molecule has 3 nitrogen and oxygen atoms in total. The fraction of sp³-hybridized carbons (Fsp3) is 1.00. The van der Waals surface area contributed by atoms with Crippen LogP contribution in [0.4, 0.5) is 0 Å². The van der Waals surface area contributed by atoms with Crippen LogP contribution >= 0.6 is 0 Å². The lowest BCUT2D eigenvalue weighted by Crippen LogP contribution is -2.47. The number of rotatable bonds is 4. The van der Waals surface area contributed by atoms with E-state index in [2.05, 4.69) is 4.90 Å². The molecule has 0 aromatic heterocycles. The van der Waals surface area contributed by atoms with Gasteiger partial charge in [0.05, 0.1) is 11.7 Å². The van der Waals surface area contributed by atoms with Gasteiger partial charge in [0.25, 0.3) is 0 Å². The third-order valence-electron chi connectivity index (χ3n) is 5.23. The Morgan fingerprint density at radius 3 is 2.94 bits per heavy atom. The highest BCUT2D eigenvalue weighted by atomic mass is 16.5. The van der Waals surface area contributed by atoms with E-state index in [9.17, 15) is 5.11 Å². The molecule has 3 saturated heterocycles. The summed E-state index contributed by atoms with van der Waals surface area (Å²) in [5.41, 5.74) is -0.390. The van der Waals surface area contributed by atoms with Crippen molar-refractivity contribution in [3.8, 4) is 0 Å². The molecule has 0 saturated carbocycles. The Labute approximate surface area is 110 Å². The second kappa shape index (κ2) is 5.48. The summed E-state index contributed by atoms with van der Waals surface area (Å²) in [4.78, 5) is 2.52. The molecule has 18 heavy (non-hydrogen) atoms. The van der Waals surface area contributed by atoms with Crippen molar-refractivity contribution >= 4 is 0 Å². The zero-order chi connectivity index (χ0) is 12.4. The summed E-state index contributed by atoms with van der Waals surface area (Å²) in [5, 5.41) is 10.9. The predicted octanol–water partition coefficient (Wildman–Crippen LogP) is 2.33. The van der Waals surface area contributed by atoms with E-state index < -0.39 is 0 Å². The van der Waals surface area contributed by atoms with Gasteiger partial charge in [-0.05, 0) is 57.9 Å². The van der Waals surface area contributed by atoms with Crippen LogP contribution in [0, 0.1) is 0 Å². The average Bonchev–Trinajstić information content (AvgIpc) is 3.00. The first-order valence-electron chi connectivity index (χ1n) is 7.86. The highest BCUT2D eigenvalue weighted by Crippen LogP contribution is 2.38. The van der Waals surface area contributed by atoms with Crippen molar-refractivity contribution in [1.82, 2.24) is 4.90 Å². The quantitative estimate of drug-likeness (QED) is 0.834. The minimum absolute atomic E-state index is 0.390. The number of aliphatic hydroxyl groups is 1. The molecule has 1 N–H and O–H groups in total. The summed E-state index contributed by atoms with van der Waals surface area (Å²) >= 11 is 0. The van der Waals surface area contributed by atoms with Crippen LogP contribution in [0.25, 0.3) is 0 Å². The molecule has 3 aliphatic heterocycles. The molecule has 0 amide bonds. The average molecular weight is 253 g/mol.